The van der Waals surface area contributed by atoms with Gasteiger partial charge in [0, 0.05) is 50.3 Å². The Kier molecular flexibility index (Phi) is 6.74. The molecule has 1 aliphatic heterocycles. The summed E-state index contributed by atoms with van der Waals surface area (Å²) in [7, 11) is 0. The fraction of sp³-hybridized carbons (Fsp3) is 0.436. The molecule has 3 aromatic heterocycles. The molecule has 0 spiro atoms. The van der Waals surface area contributed by atoms with Gasteiger partial charge in [-0.2, -0.15) is 0 Å². The van der Waals surface area contributed by atoms with E-state index in [0.717, 1.165) is 69.5 Å². The molecule has 7 rings (SSSR count). The molecule has 2 atom stereocenters. The molecule has 4 heterocycles. The number of aromatic nitrogens is 4. The van der Waals surface area contributed by atoms with E-state index in [0.29, 0.717) is 0 Å². The minimum Gasteiger partial charge on any atom is -0.469 e. The van der Waals surface area contributed by atoms with Crippen LogP contribution < -0.4 is 0 Å². The SMILES string of the molecule is Cc1ccc2c(c1)c1cc(C)c(-c3nccc(C(C)(C)C)n3)cc1n2-c1cc(C2=N[C@H]3CCCC[C@]3(C)O2)cc(C(C)(C)C)n1. The summed E-state index contributed by atoms with van der Waals surface area (Å²) in [5, 5.41) is 2.40. The first-order chi connectivity index (χ1) is 21.2. The van der Waals surface area contributed by atoms with Gasteiger partial charge < -0.3 is 4.74 Å². The largest absolute Gasteiger partial charge is 0.469 e. The molecule has 45 heavy (non-hydrogen) atoms. The first-order valence-corrected chi connectivity index (χ1v) is 16.4. The number of fused-ring (bicyclic) bond motifs is 4. The number of rotatable bonds is 3. The van der Waals surface area contributed by atoms with Gasteiger partial charge in [-0.05, 0) is 88.1 Å². The average molecular weight is 600 g/mol. The van der Waals surface area contributed by atoms with Crippen molar-refractivity contribution in [3.8, 4) is 17.2 Å². The van der Waals surface area contributed by atoms with Crippen molar-refractivity contribution in [1.29, 1.82) is 0 Å². The molecule has 2 aliphatic rings. The van der Waals surface area contributed by atoms with Crippen LogP contribution in [0, 0.1) is 13.8 Å². The van der Waals surface area contributed by atoms with Crippen LogP contribution in [0.15, 0.2) is 59.7 Å². The van der Waals surface area contributed by atoms with E-state index in [2.05, 4.69) is 109 Å². The van der Waals surface area contributed by atoms with Gasteiger partial charge in [0.2, 0.25) is 5.90 Å². The molecular formula is C39H45N5O. The Labute approximate surface area is 267 Å². The summed E-state index contributed by atoms with van der Waals surface area (Å²) in [6.45, 7) is 19.8. The van der Waals surface area contributed by atoms with Gasteiger partial charge in [0.05, 0.1) is 17.1 Å². The van der Waals surface area contributed by atoms with Crippen molar-refractivity contribution in [3.05, 3.63) is 82.8 Å². The fourth-order valence-corrected chi connectivity index (χ4v) is 6.95. The molecular weight excluding hydrogens is 554 g/mol. The second-order valence-corrected chi connectivity index (χ2v) is 15.5. The number of hydrogen-bond acceptors (Lipinski definition) is 5. The molecule has 0 radical (unpaired) electrons. The lowest BCUT2D eigenvalue weighted by molar-refractivity contribution is 0.0446. The molecule has 0 unspecified atom stereocenters. The number of benzene rings is 2. The van der Waals surface area contributed by atoms with Crippen LogP contribution in [-0.2, 0) is 15.6 Å². The van der Waals surface area contributed by atoms with Crippen molar-refractivity contribution in [2.24, 2.45) is 4.99 Å². The molecule has 1 saturated carbocycles. The van der Waals surface area contributed by atoms with E-state index >= 15 is 0 Å². The Morgan fingerprint density at radius 2 is 1.58 bits per heavy atom. The zero-order valence-electron chi connectivity index (χ0n) is 28.2. The highest BCUT2D eigenvalue weighted by atomic mass is 16.5. The number of nitrogens with zero attached hydrogens (tertiary/aromatic N) is 5. The Morgan fingerprint density at radius 3 is 2.31 bits per heavy atom. The maximum Gasteiger partial charge on any atom is 0.217 e. The van der Waals surface area contributed by atoms with E-state index in [-0.39, 0.29) is 22.5 Å². The monoisotopic (exact) mass is 599 g/mol. The lowest BCUT2D eigenvalue weighted by atomic mass is 9.82. The number of hydrogen-bond donors (Lipinski definition) is 0. The summed E-state index contributed by atoms with van der Waals surface area (Å²) in [4.78, 5) is 20.3. The zero-order valence-corrected chi connectivity index (χ0v) is 28.2. The Morgan fingerprint density at radius 1 is 0.822 bits per heavy atom. The number of pyridine rings is 1. The fourth-order valence-electron chi connectivity index (χ4n) is 6.95. The molecule has 0 N–H and O–H groups in total. The third kappa shape index (κ3) is 5.12. The van der Waals surface area contributed by atoms with Crippen molar-refractivity contribution in [2.75, 3.05) is 0 Å². The predicted octanol–water partition coefficient (Wildman–Crippen LogP) is 9.33. The lowest BCUT2D eigenvalue weighted by Crippen LogP contribution is -2.39. The number of aryl methyl sites for hydroxylation is 2. The van der Waals surface area contributed by atoms with Gasteiger partial charge in [-0.3, -0.25) is 4.57 Å². The van der Waals surface area contributed by atoms with E-state index < -0.39 is 0 Å². The smallest absolute Gasteiger partial charge is 0.217 e. The summed E-state index contributed by atoms with van der Waals surface area (Å²) in [6, 6.07) is 17.8. The Hall–Kier alpha value is -4.06. The van der Waals surface area contributed by atoms with Crippen molar-refractivity contribution in [1.82, 2.24) is 19.5 Å². The molecule has 6 heteroatoms. The van der Waals surface area contributed by atoms with Gasteiger partial charge in [-0.15, -0.1) is 0 Å². The second kappa shape index (κ2) is 10.2. The van der Waals surface area contributed by atoms with Crippen LogP contribution in [0.4, 0.5) is 0 Å². The standard InChI is InChI=1S/C39H45N5O/c1-23-13-14-29-27(18-23)28-19-24(2)26(35-40-17-15-31(42-35)37(3,4)5)22-30(28)44(29)34-21-25(20-33(41-34)38(6,7)8)36-43-32-12-10-11-16-39(32,9)45-36/h13-15,17-22,32H,10-12,16H2,1-9H3/t32-,39-/m0/s1. The first kappa shape index (κ1) is 29.6. The molecule has 0 bridgehead atoms. The van der Waals surface area contributed by atoms with Crippen LogP contribution in [0.5, 0.6) is 0 Å². The van der Waals surface area contributed by atoms with E-state index in [1.807, 2.05) is 12.3 Å². The van der Waals surface area contributed by atoms with Crippen molar-refractivity contribution >= 4 is 27.7 Å². The first-order valence-electron chi connectivity index (χ1n) is 16.4. The summed E-state index contributed by atoms with van der Waals surface area (Å²) in [6.07, 6.45) is 6.40. The van der Waals surface area contributed by atoms with E-state index in [1.165, 1.54) is 29.2 Å². The van der Waals surface area contributed by atoms with Crippen molar-refractivity contribution in [2.45, 2.75) is 110 Å². The highest BCUT2D eigenvalue weighted by Gasteiger charge is 2.44. The second-order valence-electron chi connectivity index (χ2n) is 15.5. The number of ether oxygens (including phenoxy) is 1. The lowest BCUT2D eigenvalue weighted by Gasteiger charge is -2.33. The quantitative estimate of drug-likeness (QED) is 0.207. The highest BCUT2D eigenvalue weighted by Crippen LogP contribution is 2.41. The maximum atomic E-state index is 6.70. The van der Waals surface area contributed by atoms with Gasteiger partial charge in [0.1, 0.15) is 11.4 Å². The topological polar surface area (TPSA) is 65.2 Å². The van der Waals surface area contributed by atoms with Crippen molar-refractivity contribution < 1.29 is 4.74 Å². The molecule has 232 valence electrons. The van der Waals surface area contributed by atoms with E-state index in [1.54, 1.807) is 0 Å². The van der Waals surface area contributed by atoms with Gasteiger partial charge in [-0.1, -0.05) is 59.6 Å². The van der Waals surface area contributed by atoms with Crippen LogP contribution in [0.3, 0.4) is 0 Å². The minimum absolute atomic E-state index is 0.0740. The third-order valence-electron chi connectivity index (χ3n) is 9.70. The van der Waals surface area contributed by atoms with Gasteiger partial charge in [0.25, 0.3) is 0 Å². The molecule has 1 fully saturated rings. The molecule has 2 aromatic carbocycles. The van der Waals surface area contributed by atoms with E-state index in [4.69, 9.17) is 24.7 Å². The van der Waals surface area contributed by atoms with E-state index in [9.17, 15) is 0 Å². The van der Waals surface area contributed by atoms with Crippen molar-refractivity contribution in [3.63, 3.8) is 0 Å². The van der Waals surface area contributed by atoms with Crippen LogP contribution in [0.25, 0.3) is 39.0 Å². The van der Waals surface area contributed by atoms with Gasteiger partial charge in [-0.25, -0.2) is 19.9 Å². The summed E-state index contributed by atoms with van der Waals surface area (Å²) in [5.74, 6) is 2.36. The molecule has 1 aliphatic carbocycles. The van der Waals surface area contributed by atoms with Gasteiger partial charge >= 0.3 is 0 Å². The zero-order chi connectivity index (χ0) is 31.9. The average Bonchev–Trinajstić information content (AvgIpc) is 3.50. The van der Waals surface area contributed by atoms with Gasteiger partial charge in [0.15, 0.2) is 5.82 Å². The normalized spacial score (nSPS) is 20.4. The maximum absolute atomic E-state index is 6.70. The molecule has 6 nitrogen and oxygen atoms in total. The molecule has 5 aromatic rings. The summed E-state index contributed by atoms with van der Waals surface area (Å²) < 4.78 is 9.01. The van der Waals surface area contributed by atoms with Crippen LogP contribution in [-0.4, -0.2) is 37.1 Å². The van der Waals surface area contributed by atoms with Crippen LogP contribution in [0.2, 0.25) is 0 Å². The number of aliphatic imine (C=N–C) groups is 1. The molecule has 0 saturated heterocycles. The van der Waals surface area contributed by atoms with Crippen LogP contribution in [0.1, 0.15) is 102 Å². The summed E-state index contributed by atoms with van der Waals surface area (Å²) in [5.41, 5.74) is 8.18. The van der Waals surface area contributed by atoms with Crippen LogP contribution >= 0.6 is 0 Å². The summed E-state index contributed by atoms with van der Waals surface area (Å²) >= 11 is 0. The minimum atomic E-state index is -0.225. The molecule has 0 amide bonds. The third-order valence-corrected chi connectivity index (χ3v) is 9.70. The predicted molar refractivity (Wildman–Crippen MR) is 185 cm³/mol. The Bertz CT molecular complexity index is 2000. The highest BCUT2D eigenvalue weighted by molar-refractivity contribution is 6.11. The Balaban J connectivity index is 1.49.